The summed E-state index contributed by atoms with van der Waals surface area (Å²) in [5.74, 6) is 0.486. The van der Waals surface area contributed by atoms with Gasteiger partial charge in [-0.2, -0.15) is 4.98 Å². The van der Waals surface area contributed by atoms with Gasteiger partial charge in [0.1, 0.15) is 11.4 Å². The third-order valence-corrected chi connectivity index (χ3v) is 7.48. The summed E-state index contributed by atoms with van der Waals surface area (Å²) in [5, 5.41) is 3.49. The average molecular weight is 499 g/mol. The lowest BCUT2D eigenvalue weighted by atomic mass is 10.2. The van der Waals surface area contributed by atoms with E-state index in [1.54, 1.807) is 56.5 Å². The molecule has 0 aliphatic heterocycles. The molecule has 1 amide bonds. The van der Waals surface area contributed by atoms with Gasteiger partial charge >= 0.3 is 0 Å². The molecule has 34 heavy (non-hydrogen) atoms. The van der Waals surface area contributed by atoms with Crippen molar-refractivity contribution in [3.8, 4) is 5.88 Å². The van der Waals surface area contributed by atoms with Crippen LogP contribution in [0.4, 0.5) is 11.4 Å². The maximum atomic E-state index is 13.1. The van der Waals surface area contributed by atoms with Crippen molar-refractivity contribution in [2.24, 2.45) is 0 Å². The van der Waals surface area contributed by atoms with Crippen LogP contribution in [0.5, 0.6) is 5.88 Å². The third-order valence-electron chi connectivity index (χ3n) is 4.90. The first-order valence-corrected chi connectivity index (χ1v) is 12.4. The van der Waals surface area contributed by atoms with Crippen LogP contribution in [0.25, 0.3) is 10.2 Å². The first kappa shape index (κ1) is 23.6. The number of nitrogens with zero attached hydrogens (tertiary/aromatic N) is 2. The van der Waals surface area contributed by atoms with Crippen molar-refractivity contribution in [3.05, 3.63) is 70.9 Å². The first-order valence-electron chi connectivity index (χ1n) is 10.1. The average Bonchev–Trinajstić information content (AvgIpc) is 3.16. The van der Waals surface area contributed by atoms with Gasteiger partial charge in [-0.25, -0.2) is 13.4 Å². The van der Waals surface area contributed by atoms with Crippen molar-refractivity contribution in [1.82, 2.24) is 9.97 Å². The Bertz CT molecular complexity index is 1450. The van der Waals surface area contributed by atoms with Crippen molar-refractivity contribution in [1.29, 1.82) is 0 Å². The molecule has 0 bridgehead atoms. The van der Waals surface area contributed by atoms with Gasteiger partial charge in [0, 0.05) is 12.8 Å². The lowest BCUT2D eigenvalue weighted by molar-refractivity contribution is 0.103. The van der Waals surface area contributed by atoms with Crippen LogP contribution in [-0.2, 0) is 21.4 Å². The Morgan fingerprint density at radius 3 is 2.47 bits per heavy atom. The molecule has 2 N–H and O–H groups in total. The summed E-state index contributed by atoms with van der Waals surface area (Å²) in [6.07, 6.45) is 0. The molecule has 0 atom stereocenters. The molecule has 0 fully saturated rings. The fourth-order valence-corrected chi connectivity index (χ4v) is 5.52. The van der Waals surface area contributed by atoms with E-state index in [9.17, 15) is 13.2 Å². The van der Waals surface area contributed by atoms with Crippen LogP contribution >= 0.6 is 11.3 Å². The van der Waals surface area contributed by atoms with Crippen molar-refractivity contribution in [2.75, 3.05) is 24.3 Å². The van der Waals surface area contributed by atoms with Gasteiger partial charge in [0.25, 0.3) is 15.9 Å². The second kappa shape index (κ2) is 9.75. The maximum absolute atomic E-state index is 13.1. The lowest BCUT2D eigenvalue weighted by Crippen LogP contribution is -2.14. The first-order chi connectivity index (χ1) is 16.3. The molecule has 0 radical (unpaired) electrons. The van der Waals surface area contributed by atoms with E-state index in [1.165, 1.54) is 30.6 Å². The van der Waals surface area contributed by atoms with Gasteiger partial charge < -0.3 is 14.8 Å². The SMILES string of the molecule is COCc1nc(OC)c2c(C)c(C(=O)Nc3cccc(NS(=O)(=O)c4ccccc4)c3)sc2n1. The Morgan fingerprint density at radius 2 is 1.76 bits per heavy atom. The molecule has 4 aromatic rings. The molecular formula is C23H22N4O5S2. The molecule has 0 saturated carbocycles. The highest BCUT2D eigenvalue weighted by molar-refractivity contribution is 7.92. The fraction of sp³-hybridized carbons (Fsp3) is 0.174. The van der Waals surface area contributed by atoms with Crippen molar-refractivity contribution in [2.45, 2.75) is 18.4 Å². The Kier molecular flexibility index (Phi) is 6.77. The Hall–Kier alpha value is -3.54. The van der Waals surface area contributed by atoms with Gasteiger partial charge in [-0.05, 0) is 42.8 Å². The quantitative estimate of drug-likeness (QED) is 0.373. The zero-order chi connectivity index (χ0) is 24.3. The summed E-state index contributed by atoms with van der Waals surface area (Å²) in [5.41, 5.74) is 1.46. The molecule has 2 aromatic heterocycles. The summed E-state index contributed by atoms with van der Waals surface area (Å²) < 4.78 is 38.3. The highest BCUT2D eigenvalue weighted by Crippen LogP contribution is 2.35. The van der Waals surface area contributed by atoms with Gasteiger partial charge in [0.2, 0.25) is 5.88 Å². The van der Waals surface area contributed by atoms with E-state index in [4.69, 9.17) is 9.47 Å². The number of aryl methyl sites for hydroxylation is 1. The van der Waals surface area contributed by atoms with E-state index in [0.717, 1.165) is 0 Å². The number of amides is 1. The van der Waals surface area contributed by atoms with E-state index in [0.29, 0.717) is 43.7 Å². The molecule has 9 nitrogen and oxygen atoms in total. The topological polar surface area (TPSA) is 120 Å². The van der Waals surface area contributed by atoms with E-state index in [-0.39, 0.29) is 17.4 Å². The smallest absolute Gasteiger partial charge is 0.266 e. The maximum Gasteiger partial charge on any atom is 0.266 e. The number of thiophene rings is 1. The minimum atomic E-state index is -3.75. The van der Waals surface area contributed by atoms with Crippen molar-refractivity contribution < 1.29 is 22.7 Å². The number of ether oxygens (including phenoxy) is 2. The molecule has 0 saturated heterocycles. The van der Waals surface area contributed by atoms with Gasteiger partial charge in [-0.15, -0.1) is 11.3 Å². The highest BCUT2D eigenvalue weighted by atomic mass is 32.2. The minimum Gasteiger partial charge on any atom is -0.480 e. The number of carbonyl (C=O) groups is 1. The summed E-state index contributed by atoms with van der Waals surface area (Å²) in [7, 11) is -0.692. The standard InChI is InChI=1S/C23H22N4O5S2/c1-14-19-22(32-3)25-18(13-31-2)26-23(19)33-20(14)21(28)24-15-8-7-9-16(12-15)27-34(29,30)17-10-5-4-6-11-17/h4-12,27H,13H2,1-3H3,(H,24,28). The van der Waals surface area contributed by atoms with Crippen molar-refractivity contribution >= 4 is 48.9 Å². The van der Waals surface area contributed by atoms with Crippen LogP contribution in [0.2, 0.25) is 0 Å². The predicted octanol–water partition coefficient (Wildman–Crippen LogP) is 4.21. The molecule has 0 spiro atoms. The number of aromatic nitrogens is 2. The Morgan fingerprint density at radius 1 is 1.03 bits per heavy atom. The number of fused-ring (bicyclic) bond motifs is 1. The summed E-state index contributed by atoms with van der Waals surface area (Å²) in [4.78, 5) is 23.1. The second-order valence-electron chi connectivity index (χ2n) is 7.27. The number of hydrogen-bond donors (Lipinski definition) is 2. The van der Waals surface area contributed by atoms with Crippen LogP contribution in [-0.4, -0.2) is 38.5 Å². The number of benzene rings is 2. The Labute approximate surface area is 200 Å². The largest absolute Gasteiger partial charge is 0.480 e. The van der Waals surface area contributed by atoms with E-state index < -0.39 is 10.0 Å². The van der Waals surface area contributed by atoms with Gasteiger partial charge in [-0.3, -0.25) is 9.52 Å². The zero-order valence-electron chi connectivity index (χ0n) is 18.7. The third kappa shape index (κ3) is 4.86. The number of hydrogen-bond acceptors (Lipinski definition) is 8. The monoisotopic (exact) mass is 498 g/mol. The number of anilines is 2. The molecular weight excluding hydrogens is 476 g/mol. The normalized spacial score (nSPS) is 11.4. The number of nitrogens with one attached hydrogen (secondary N) is 2. The van der Waals surface area contributed by atoms with Crippen LogP contribution in [0.1, 0.15) is 21.1 Å². The van der Waals surface area contributed by atoms with E-state index in [1.807, 2.05) is 0 Å². The molecule has 0 aliphatic carbocycles. The van der Waals surface area contributed by atoms with Gasteiger partial charge in [0.15, 0.2) is 5.82 Å². The summed E-state index contributed by atoms with van der Waals surface area (Å²) >= 11 is 1.22. The van der Waals surface area contributed by atoms with E-state index >= 15 is 0 Å². The number of carbonyl (C=O) groups excluding carboxylic acids is 1. The molecule has 0 unspecified atom stereocenters. The van der Waals surface area contributed by atoms with Gasteiger partial charge in [0.05, 0.1) is 28.0 Å². The molecule has 2 heterocycles. The van der Waals surface area contributed by atoms with Crippen molar-refractivity contribution in [3.63, 3.8) is 0 Å². The van der Waals surface area contributed by atoms with Crippen LogP contribution in [0, 0.1) is 6.92 Å². The molecule has 176 valence electrons. The van der Waals surface area contributed by atoms with Crippen LogP contribution < -0.4 is 14.8 Å². The number of rotatable bonds is 8. The Balaban J connectivity index is 1.59. The van der Waals surface area contributed by atoms with Gasteiger partial charge in [-0.1, -0.05) is 24.3 Å². The minimum absolute atomic E-state index is 0.147. The fourth-order valence-electron chi connectivity index (χ4n) is 3.36. The highest BCUT2D eigenvalue weighted by Gasteiger charge is 2.21. The summed E-state index contributed by atoms with van der Waals surface area (Å²) in [6, 6.07) is 14.5. The molecule has 11 heteroatoms. The predicted molar refractivity (Wildman–Crippen MR) is 131 cm³/mol. The van der Waals surface area contributed by atoms with Crippen LogP contribution in [0.15, 0.2) is 59.5 Å². The lowest BCUT2D eigenvalue weighted by Gasteiger charge is -2.10. The summed E-state index contributed by atoms with van der Waals surface area (Å²) in [6.45, 7) is 2.02. The molecule has 0 aliphatic rings. The zero-order valence-corrected chi connectivity index (χ0v) is 20.3. The number of methoxy groups -OCH3 is 2. The van der Waals surface area contributed by atoms with Crippen LogP contribution in [0.3, 0.4) is 0 Å². The van der Waals surface area contributed by atoms with E-state index in [2.05, 4.69) is 20.0 Å². The molecule has 2 aromatic carbocycles. The second-order valence-corrected chi connectivity index (χ2v) is 9.95. The number of sulfonamides is 1. The molecule has 4 rings (SSSR count).